The average Bonchev–Trinajstić information content (AvgIpc) is 2.87. The summed E-state index contributed by atoms with van der Waals surface area (Å²) in [5, 5.41) is 17.9. The lowest BCUT2D eigenvalue weighted by atomic mass is 10.1. The first kappa shape index (κ1) is 15.7. The predicted octanol–water partition coefficient (Wildman–Crippen LogP) is 1.44. The van der Waals surface area contributed by atoms with Crippen LogP contribution in [0, 0.1) is 10.1 Å². The van der Waals surface area contributed by atoms with E-state index in [1.54, 1.807) is 7.05 Å². The van der Waals surface area contributed by atoms with Crippen LogP contribution < -0.4 is 5.32 Å². The van der Waals surface area contributed by atoms with Gasteiger partial charge < -0.3 is 5.32 Å². The maximum absolute atomic E-state index is 11.8. The van der Waals surface area contributed by atoms with Gasteiger partial charge >= 0.3 is 5.69 Å². The maximum Gasteiger partial charge on any atom is 0.334 e. The fraction of sp³-hybridized carbons (Fsp3) is 0.750. The summed E-state index contributed by atoms with van der Waals surface area (Å²) >= 11 is 0. The largest absolute Gasteiger partial charge is 0.363 e. The van der Waals surface area contributed by atoms with Crippen LogP contribution in [-0.4, -0.2) is 40.7 Å². The molecule has 0 bridgehead atoms. The smallest absolute Gasteiger partial charge is 0.334 e. The van der Waals surface area contributed by atoms with E-state index in [1.165, 1.54) is 4.68 Å². The van der Waals surface area contributed by atoms with E-state index in [4.69, 9.17) is 0 Å². The molecule has 21 heavy (non-hydrogen) atoms. The molecule has 0 aromatic carbocycles. The van der Waals surface area contributed by atoms with Crippen LogP contribution in [0.25, 0.3) is 0 Å². The van der Waals surface area contributed by atoms with E-state index in [1.807, 2.05) is 13.8 Å². The second-order valence-corrected chi connectivity index (χ2v) is 8.03. The number of hydrogen-bond donors (Lipinski definition) is 1. The number of aromatic nitrogens is 2. The lowest BCUT2D eigenvalue weighted by molar-refractivity contribution is -0.384. The van der Waals surface area contributed by atoms with Crippen LogP contribution in [0.3, 0.4) is 0 Å². The van der Waals surface area contributed by atoms with E-state index in [0.717, 1.165) is 0 Å². The van der Waals surface area contributed by atoms with Gasteiger partial charge in [-0.25, -0.2) is 13.1 Å². The zero-order valence-electron chi connectivity index (χ0n) is 12.4. The monoisotopic (exact) mass is 316 g/mol. The highest BCUT2D eigenvalue weighted by molar-refractivity contribution is 7.92. The molecule has 9 heteroatoms. The van der Waals surface area contributed by atoms with Crippen molar-refractivity contribution in [1.82, 2.24) is 9.78 Å². The van der Waals surface area contributed by atoms with Gasteiger partial charge in [0.05, 0.1) is 15.9 Å². The number of nitro groups is 1. The Morgan fingerprint density at radius 2 is 2.19 bits per heavy atom. The van der Waals surface area contributed by atoms with E-state index in [0.29, 0.717) is 18.5 Å². The molecule has 8 nitrogen and oxygen atoms in total. The average molecular weight is 316 g/mol. The Balaban J connectivity index is 2.26. The molecule has 0 amide bonds. The third-order valence-electron chi connectivity index (χ3n) is 3.74. The topological polar surface area (TPSA) is 107 Å². The fourth-order valence-electron chi connectivity index (χ4n) is 2.60. The van der Waals surface area contributed by atoms with Crippen molar-refractivity contribution in [2.45, 2.75) is 37.9 Å². The lowest BCUT2D eigenvalue weighted by Crippen LogP contribution is -2.26. The number of nitrogens with one attached hydrogen (secondary N) is 1. The van der Waals surface area contributed by atoms with Gasteiger partial charge in [-0.3, -0.25) is 10.1 Å². The number of anilines is 1. The molecule has 1 atom stereocenters. The van der Waals surface area contributed by atoms with E-state index in [9.17, 15) is 18.5 Å². The summed E-state index contributed by atoms with van der Waals surface area (Å²) in [7, 11) is -1.46. The molecule has 2 rings (SSSR count). The predicted molar refractivity (Wildman–Crippen MR) is 79.2 cm³/mol. The van der Waals surface area contributed by atoms with Crippen molar-refractivity contribution >= 4 is 21.3 Å². The molecule has 1 aliphatic heterocycles. The van der Waals surface area contributed by atoms with Crippen molar-refractivity contribution in [3.05, 3.63) is 15.8 Å². The fourth-order valence-corrected chi connectivity index (χ4v) is 4.36. The molecule has 0 aliphatic carbocycles. The van der Waals surface area contributed by atoms with Gasteiger partial charge in [-0.15, -0.1) is 0 Å². The minimum atomic E-state index is -3.07. The minimum absolute atomic E-state index is 0.0668. The van der Waals surface area contributed by atoms with Gasteiger partial charge in [0, 0.05) is 19.5 Å². The summed E-state index contributed by atoms with van der Waals surface area (Å²) in [6.07, 6.45) is 1.25. The molecule has 1 N–H and O–H groups in total. The van der Waals surface area contributed by atoms with E-state index in [-0.39, 0.29) is 29.7 Å². The molecule has 1 aromatic rings. The van der Waals surface area contributed by atoms with Gasteiger partial charge in [0.25, 0.3) is 0 Å². The highest BCUT2D eigenvalue weighted by Gasteiger charge is 2.33. The molecule has 1 aromatic heterocycles. The Morgan fingerprint density at radius 1 is 1.52 bits per heavy atom. The van der Waals surface area contributed by atoms with Gasteiger partial charge in [0.1, 0.15) is 5.69 Å². The highest BCUT2D eigenvalue weighted by atomic mass is 32.2. The summed E-state index contributed by atoms with van der Waals surface area (Å²) < 4.78 is 25.0. The lowest BCUT2D eigenvalue weighted by Gasteiger charge is -2.11. The second-order valence-electron chi connectivity index (χ2n) is 5.63. The second kappa shape index (κ2) is 5.63. The Hall–Kier alpha value is -1.64. The zero-order chi connectivity index (χ0) is 15.8. The molecule has 1 saturated heterocycles. The zero-order valence-corrected chi connectivity index (χ0v) is 13.2. The first-order valence-electron chi connectivity index (χ1n) is 6.90. The summed E-state index contributed by atoms with van der Waals surface area (Å²) in [4.78, 5) is 10.8. The van der Waals surface area contributed by atoms with Crippen LogP contribution in [0.1, 0.15) is 38.3 Å². The normalized spacial score (nSPS) is 20.9. The summed E-state index contributed by atoms with van der Waals surface area (Å²) in [5.41, 5.74) is 0.335. The summed E-state index contributed by atoms with van der Waals surface area (Å²) in [5.74, 6) is 0.387. The Morgan fingerprint density at radius 3 is 2.67 bits per heavy atom. The standard InChI is InChI=1S/C12H20N4O4S/c1-8(2)10-11(16(17)18)12(15(3)14-10)13-7-9-5-4-6-21(9,19)20/h8-9,13H,4-7H2,1-3H3. The van der Waals surface area contributed by atoms with Crippen molar-refractivity contribution in [2.24, 2.45) is 7.05 Å². The van der Waals surface area contributed by atoms with E-state index in [2.05, 4.69) is 10.4 Å². The number of aryl methyl sites for hydroxylation is 1. The number of rotatable bonds is 5. The molecule has 1 unspecified atom stereocenters. The van der Waals surface area contributed by atoms with Crippen LogP contribution in [0.15, 0.2) is 0 Å². The Kier molecular flexibility index (Phi) is 4.22. The third-order valence-corrected chi connectivity index (χ3v) is 6.01. The Bertz CT molecular complexity index is 650. The minimum Gasteiger partial charge on any atom is -0.363 e. The van der Waals surface area contributed by atoms with Crippen LogP contribution in [0.2, 0.25) is 0 Å². The maximum atomic E-state index is 11.8. The van der Waals surface area contributed by atoms with Gasteiger partial charge in [0.15, 0.2) is 9.84 Å². The van der Waals surface area contributed by atoms with Crippen LogP contribution in [0.4, 0.5) is 11.5 Å². The van der Waals surface area contributed by atoms with Crippen molar-refractivity contribution < 1.29 is 13.3 Å². The molecule has 0 radical (unpaired) electrons. The summed E-state index contributed by atoms with van der Waals surface area (Å²) in [6.45, 7) is 3.85. The SMILES string of the molecule is CC(C)c1nn(C)c(NCC2CCCS2(=O)=O)c1[N+](=O)[O-]. The van der Waals surface area contributed by atoms with Crippen molar-refractivity contribution in [2.75, 3.05) is 17.6 Å². The van der Waals surface area contributed by atoms with Crippen molar-refractivity contribution in [3.63, 3.8) is 0 Å². The molecule has 0 saturated carbocycles. The molecular weight excluding hydrogens is 296 g/mol. The third kappa shape index (κ3) is 3.02. The number of hydrogen-bond acceptors (Lipinski definition) is 6. The van der Waals surface area contributed by atoms with Crippen molar-refractivity contribution in [3.8, 4) is 0 Å². The van der Waals surface area contributed by atoms with Gasteiger partial charge in [-0.1, -0.05) is 13.8 Å². The van der Waals surface area contributed by atoms with E-state index >= 15 is 0 Å². The molecule has 118 valence electrons. The quantitative estimate of drug-likeness (QED) is 0.650. The van der Waals surface area contributed by atoms with Crippen LogP contribution >= 0.6 is 0 Å². The Labute approximate surface area is 123 Å². The summed E-state index contributed by atoms with van der Waals surface area (Å²) in [6, 6.07) is 0. The highest BCUT2D eigenvalue weighted by Crippen LogP contribution is 2.33. The van der Waals surface area contributed by atoms with Crippen LogP contribution in [-0.2, 0) is 16.9 Å². The molecule has 0 spiro atoms. The molecular formula is C12H20N4O4S. The van der Waals surface area contributed by atoms with Crippen LogP contribution in [0.5, 0.6) is 0 Å². The number of nitrogens with zero attached hydrogens (tertiary/aromatic N) is 3. The molecule has 2 heterocycles. The van der Waals surface area contributed by atoms with Gasteiger partial charge in [-0.05, 0) is 12.8 Å². The number of sulfone groups is 1. The molecule has 1 aliphatic rings. The van der Waals surface area contributed by atoms with E-state index < -0.39 is 20.0 Å². The van der Waals surface area contributed by atoms with Gasteiger partial charge in [0.2, 0.25) is 5.82 Å². The van der Waals surface area contributed by atoms with Gasteiger partial charge in [-0.2, -0.15) is 5.10 Å². The first-order valence-corrected chi connectivity index (χ1v) is 8.62. The van der Waals surface area contributed by atoms with Crippen molar-refractivity contribution in [1.29, 1.82) is 0 Å². The molecule has 1 fully saturated rings. The first-order chi connectivity index (χ1) is 9.74.